The number of nitrogens with one attached hydrogen (secondary N) is 1. The minimum absolute atomic E-state index is 0.0186. The van der Waals surface area contributed by atoms with Crippen molar-refractivity contribution in [1.29, 1.82) is 0 Å². The van der Waals surface area contributed by atoms with E-state index in [9.17, 15) is 39.2 Å². The second kappa shape index (κ2) is 12.4. The summed E-state index contributed by atoms with van der Waals surface area (Å²) in [6.07, 6.45) is -10.0. The number of alkyl halides is 6. The van der Waals surface area contributed by atoms with Gasteiger partial charge in [0.2, 0.25) is 5.79 Å². The molecule has 0 amide bonds. The second-order valence-electron chi connectivity index (χ2n) is 8.97. The van der Waals surface area contributed by atoms with Crippen LogP contribution in [0.5, 0.6) is 0 Å². The molecule has 4 rings (SSSR count). The number of hydrogen-bond acceptors (Lipinski definition) is 5. The normalized spacial score (nSPS) is 19.8. The van der Waals surface area contributed by atoms with Crippen molar-refractivity contribution in [3.05, 3.63) is 100 Å². The van der Waals surface area contributed by atoms with Crippen LogP contribution in [0.3, 0.4) is 0 Å². The zero-order chi connectivity index (χ0) is 30.6. The lowest BCUT2D eigenvalue weighted by Gasteiger charge is -2.44. The quantitative estimate of drug-likeness (QED) is 0.249. The molecule has 0 saturated carbocycles. The Balaban J connectivity index is 0.000000352. The zero-order valence-corrected chi connectivity index (χ0v) is 22.5. The maximum absolute atomic E-state index is 13.4. The number of aryl methyl sites for hydroxylation is 1. The molecule has 0 radical (unpaired) electrons. The molecule has 1 saturated heterocycles. The summed E-state index contributed by atoms with van der Waals surface area (Å²) in [5, 5.41) is 3.01. The SMILES string of the molecule is CCOC1(c2cc(C(F)(F)F)cc(C(F)(F)F)c2)OCCNC1c1ccc(F)cc1.Cc1ccc(S(=O)(=O)O)cc1. The van der Waals surface area contributed by atoms with Crippen molar-refractivity contribution in [2.45, 2.75) is 42.9 Å². The van der Waals surface area contributed by atoms with Crippen LogP contribution >= 0.6 is 0 Å². The van der Waals surface area contributed by atoms with Gasteiger partial charge in [0.25, 0.3) is 10.1 Å². The van der Waals surface area contributed by atoms with Crippen molar-refractivity contribution in [1.82, 2.24) is 5.32 Å². The summed E-state index contributed by atoms with van der Waals surface area (Å²) < 4.78 is 135. The van der Waals surface area contributed by atoms with E-state index in [1.807, 2.05) is 6.92 Å². The van der Waals surface area contributed by atoms with Gasteiger partial charge in [0.05, 0.1) is 28.7 Å². The summed E-state index contributed by atoms with van der Waals surface area (Å²) >= 11 is 0. The van der Waals surface area contributed by atoms with Crippen LogP contribution in [0.4, 0.5) is 30.7 Å². The lowest BCUT2D eigenvalue weighted by molar-refractivity contribution is -0.278. The standard InChI is InChI=1S/C20H18F7NO2.C7H8O3S/c1-2-29-18(17(28-7-8-30-18)12-3-5-16(21)6-4-12)13-9-14(19(22,23)24)11-15(10-13)20(25,26)27;1-6-2-4-7(5-3-6)11(8,9)10/h3-6,9-11,17,28H,2,7-8H2,1H3;2-5H,1H3,(H,8,9,10). The highest BCUT2D eigenvalue weighted by molar-refractivity contribution is 7.85. The molecule has 0 bridgehead atoms. The lowest BCUT2D eigenvalue weighted by Crippen LogP contribution is -2.52. The van der Waals surface area contributed by atoms with Gasteiger partial charge in [-0.15, -0.1) is 0 Å². The van der Waals surface area contributed by atoms with E-state index < -0.39 is 56.8 Å². The van der Waals surface area contributed by atoms with Gasteiger partial charge in [0.1, 0.15) is 5.82 Å². The fourth-order valence-corrected chi connectivity index (χ4v) is 4.64. The van der Waals surface area contributed by atoms with Gasteiger partial charge in [0.15, 0.2) is 0 Å². The molecule has 2 unspecified atom stereocenters. The molecule has 6 nitrogen and oxygen atoms in total. The Morgan fingerprint density at radius 3 is 1.95 bits per heavy atom. The monoisotopic (exact) mass is 609 g/mol. The second-order valence-corrected chi connectivity index (χ2v) is 10.4. The molecular formula is C27H26F7NO5S. The minimum atomic E-state index is -5.02. The van der Waals surface area contributed by atoms with Crippen LogP contribution in [0.25, 0.3) is 0 Å². The highest BCUT2D eigenvalue weighted by atomic mass is 32.2. The number of hydrogen-bond donors (Lipinski definition) is 2. The van der Waals surface area contributed by atoms with Crippen molar-refractivity contribution >= 4 is 10.1 Å². The number of morpholine rings is 1. The molecule has 41 heavy (non-hydrogen) atoms. The summed E-state index contributed by atoms with van der Waals surface area (Å²) in [6.45, 7) is 3.57. The van der Waals surface area contributed by atoms with E-state index in [-0.39, 0.29) is 30.7 Å². The van der Waals surface area contributed by atoms with Crippen LogP contribution in [0, 0.1) is 12.7 Å². The van der Waals surface area contributed by atoms with Gasteiger partial charge in [-0.05, 0) is 61.9 Å². The predicted octanol–water partition coefficient (Wildman–Crippen LogP) is 6.66. The van der Waals surface area contributed by atoms with Crippen molar-refractivity contribution < 1.29 is 53.2 Å². The fourth-order valence-electron chi connectivity index (χ4n) is 4.16. The fraction of sp³-hybridized carbons (Fsp3) is 0.333. The Kier molecular flexibility index (Phi) is 9.86. The van der Waals surface area contributed by atoms with Crippen LogP contribution in [-0.4, -0.2) is 32.7 Å². The third-order valence-corrected chi connectivity index (χ3v) is 6.89. The molecule has 3 aromatic carbocycles. The largest absolute Gasteiger partial charge is 0.416 e. The van der Waals surface area contributed by atoms with Crippen LogP contribution in [-0.2, 0) is 37.7 Å². The van der Waals surface area contributed by atoms with Crippen molar-refractivity contribution in [3.63, 3.8) is 0 Å². The smallest absolute Gasteiger partial charge is 0.345 e. The molecule has 2 N–H and O–H groups in total. The maximum atomic E-state index is 13.4. The molecule has 0 aliphatic carbocycles. The molecule has 0 aromatic heterocycles. The Hall–Kier alpha value is -3.04. The van der Waals surface area contributed by atoms with E-state index in [0.717, 1.165) is 17.7 Å². The molecule has 2 atom stereocenters. The van der Waals surface area contributed by atoms with Gasteiger partial charge in [-0.2, -0.15) is 34.8 Å². The molecule has 1 aliphatic rings. The molecule has 0 spiro atoms. The molecular weight excluding hydrogens is 583 g/mol. The predicted molar refractivity (Wildman–Crippen MR) is 134 cm³/mol. The zero-order valence-electron chi connectivity index (χ0n) is 21.7. The topological polar surface area (TPSA) is 84.9 Å². The average Bonchev–Trinajstić information content (AvgIpc) is 2.88. The summed E-state index contributed by atoms with van der Waals surface area (Å²) in [5.74, 6) is -2.53. The van der Waals surface area contributed by atoms with Crippen LogP contribution in [0.2, 0.25) is 0 Å². The van der Waals surface area contributed by atoms with E-state index >= 15 is 0 Å². The number of halogens is 7. The molecule has 14 heteroatoms. The van der Waals surface area contributed by atoms with E-state index in [2.05, 4.69) is 5.32 Å². The van der Waals surface area contributed by atoms with Crippen molar-refractivity contribution in [2.75, 3.05) is 19.8 Å². The first-order chi connectivity index (χ1) is 19.0. The van der Waals surface area contributed by atoms with E-state index in [0.29, 0.717) is 17.7 Å². The Morgan fingerprint density at radius 2 is 1.49 bits per heavy atom. The lowest BCUT2D eigenvalue weighted by atomic mass is 9.88. The van der Waals surface area contributed by atoms with Crippen molar-refractivity contribution in [3.8, 4) is 0 Å². The summed E-state index contributed by atoms with van der Waals surface area (Å²) in [6, 6.07) is 11.2. The molecule has 3 aromatic rings. The number of ether oxygens (including phenoxy) is 2. The van der Waals surface area contributed by atoms with Gasteiger partial charge in [-0.3, -0.25) is 4.55 Å². The van der Waals surface area contributed by atoms with Gasteiger partial charge >= 0.3 is 12.4 Å². The van der Waals surface area contributed by atoms with Crippen molar-refractivity contribution in [2.24, 2.45) is 0 Å². The highest BCUT2D eigenvalue weighted by Gasteiger charge is 2.48. The third kappa shape index (κ3) is 8.04. The molecule has 1 fully saturated rings. The van der Waals surface area contributed by atoms with Gasteiger partial charge < -0.3 is 14.8 Å². The van der Waals surface area contributed by atoms with Gasteiger partial charge in [-0.25, -0.2) is 4.39 Å². The third-order valence-electron chi connectivity index (χ3n) is 6.02. The highest BCUT2D eigenvalue weighted by Crippen LogP contribution is 2.45. The van der Waals surface area contributed by atoms with Gasteiger partial charge in [-0.1, -0.05) is 29.8 Å². The first kappa shape index (κ1) is 32.5. The Bertz CT molecular complexity index is 1390. The summed E-state index contributed by atoms with van der Waals surface area (Å²) in [7, 11) is -4.02. The van der Waals surface area contributed by atoms with E-state index in [1.54, 1.807) is 19.1 Å². The first-order valence-corrected chi connectivity index (χ1v) is 13.5. The summed E-state index contributed by atoms with van der Waals surface area (Å²) in [4.78, 5) is -0.0666. The van der Waals surface area contributed by atoms with Crippen LogP contribution < -0.4 is 5.32 Å². The molecule has 224 valence electrons. The Labute approximate surface area is 231 Å². The number of rotatable bonds is 5. The maximum Gasteiger partial charge on any atom is 0.416 e. The Morgan fingerprint density at radius 1 is 0.951 bits per heavy atom. The minimum Gasteiger partial charge on any atom is -0.345 e. The number of benzene rings is 3. The average molecular weight is 610 g/mol. The molecule has 1 aliphatic heterocycles. The van der Waals surface area contributed by atoms with E-state index in [1.165, 1.54) is 24.3 Å². The first-order valence-electron chi connectivity index (χ1n) is 12.1. The summed E-state index contributed by atoms with van der Waals surface area (Å²) in [5.41, 5.74) is -2.04. The molecule has 1 heterocycles. The van der Waals surface area contributed by atoms with E-state index in [4.69, 9.17) is 14.0 Å². The van der Waals surface area contributed by atoms with Crippen LogP contribution in [0.1, 0.15) is 40.8 Å². The van der Waals surface area contributed by atoms with Crippen LogP contribution in [0.15, 0.2) is 71.6 Å². The van der Waals surface area contributed by atoms with Gasteiger partial charge in [0, 0.05) is 18.7 Å².